The smallest absolute Gasteiger partial charge is 0.139 e. The molecule has 0 spiro atoms. The number of ketones is 2. The summed E-state index contributed by atoms with van der Waals surface area (Å²) >= 11 is 0. The molecule has 0 heterocycles. The van der Waals surface area contributed by atoms with Gasteiger partial charge in [-0.2, -0.15) is 0 Å². The first kappa shape index (κ1) is 10.8. The van der Waals surface area contributed by atoms with Crippen molar-refractivity contribution in [2.75, 3.05) is 0 Å². The monoisotopic (exact) mass is 208 g/mol. The molecular formula is C13H20O2. The lowest BCUT2D eigenvalue weighted by molar-refractivity contribution is -0.136. The van der Waals surface area contributed by atoms with Crippen molar-refractivity contribution in [3.05, 3.63) is 0 Å². The number of rotatable bonds is 2. The fourth-order valence-electron chi connectivity index (χ4n) is 3.53. The van der Waals surface area contributed by atoms with Crippen LogP contribution in [0.15, 0.2) is 0 Å². The number of hydrogen-bond acceptors (Lipinski definition) is 2. The predicted octanol–water partition coefficient (Wildman–Crippen LogP) is 2.75. The number of hydrogen-bond donors (Lipinski definition) is 0. The van der Waals surface area contributed by atoms with Crippen LogP contribution in [0.2, 0.25) is 0 Å². The minimum absolute atomic E-state index is 0.159. The van der Waals surface area contributed by atoms with E-state index in [2.05, 4.69) is 13.8 Å². The summed E-state index contributed by atoms with van der Waals surface area (Å²) in [6, 6.07) is 0. The Hall–Kier alpha value is -0.660. The third-order valence-corrected chi connectivity index (χ3v) is 4.53. The highest BCUT2D eigenvalue weighted by Gasteiger charge is 2.52. The Morgan fingerprint density at radius 3 is 2.73 bits per heavy atom. The van der Waals surface area contributed by atoms with Gasteiger partial charge in [0.15, 0.2) is 0 Å². The van der Waals surface area contributed by atoms with Gasteiger partial charge in [0.1, 0.15) is 11.6 Å². The van der Waals surface area contributed by atoms with Gasteiger partial charge in [-0.25, -0.2) is 0 Å². The normalized spacial score (nSPS) is 40.7. The van der Waals surface area contributed by atoms with Crippen LogP contribution in [0.3, 0.4) is 0 Å². The molecule has 0 saturated heterocycles. The van der Waals surface area contributed by atoms with Gasteiger partial charge in [-0.1, -0.05) is 20.3 Å². The zero-order chi connectivity index (χ0) is 11.1. The highest BCUT2D eigenvalue weighted by Crippen LogP contribution is 2.52. The zero-order valence-corrected chi connectivity index (χ0v) is 9.71. The second-order valence-electron chi connectivity index (χ2n) is 5.35. The molecule has 84 valence electrons. The van der Waals surface area contributed by atoms with Gasteiger partial charge in [0, 0.05) is 24.2 Å². The minimum Gasteiger partial charge on any atom is -0.299 e. The van der Waals surface area contributed by atoms with E-state index in [-0.39, 0.29) is 11.3 Å². The van der Waals surface area contributed by atoms with Gasteiger partial charge >= 0.3 is 0 Å². The van der Waals surface area contributed by atoms with Gasteiger partial charge in [-0.15, -0.1) is 0 Å². The maximum atomic E-state index is 11.9. The Morgan fingerprint density at radius 1 is 1.33 bits per heavy atom. The van der Waals surface area contributed by atoms with Crippen LogP contribution in [-0.4, -0.2) is 11.6 Å². The van der Waals surface area contributed by atoms with Crippen molar-refractivity contribution in [1.29, 1.82) is 0 Å². The van der Waals surface area contributed by atoms with Crippen molar-refractivity contribution >= 4 is 11.6 Å². The van der Waals surface area contributed by atoms with E-state index < -0.39 is 0 Å². The van der Waals surface area contributed by atoms with Gasteiger partial charge in [0.25, 0.3) is 0 Å². The van der Waals surface area contributed by atoms with Crippen molar-refractivity contribution < 1.29 is 9.59 Å². The van der Waals surface area contributed by atoms with Crippen LogP contribution in [0.1, 0.15) is 52.4 Å². The fraction of sp³-hybridized carbons (Fsp3) is 0.846. The van der Waals surface area contributed by atoms with E-state index in [1.54, 1.807) is 0 Å². The van der Waals surface area contributed by atoms with Crippen molar-refractivity contribution in [2.24, 2.45) is 17.3 Å². The Morgan fingerprint density at radius 2 is 2.07 bits per heavy atom. The highest BCUT2D eigenvalue weighted by molar-refractivity contribution is 5.92. The molecule has 3 atom stereocenters. The third-order valence-electron chi connectivity index (χ3n) is 4.53. The van der Waals surface area contributed by atoms with Crippen LogP contribution in [-0.2, 0) is 9.59 Å². The van der Waals surface area contributed by atoms with Crippen LogP contribution in [0.5, 0.6) is 0 Å². The van der Waals surface area contributed by atoms with E-state index in [4.69, 9.17) is 0 Å². The van der Waals surface area contributed by atoms with Crippen molar-refractivity contribution in [3.8, 4) is 0 Å². The number of carbonyl (C=O) groups is 2. The Labute approximate surface area is 91.4 Å². The summed E-state index contributed by atoms with van der Waals surface area (Å²) in [6.45, 7) is 4.21. The molecule has 2 rings (SSSR count). The van der Waals surface area contributed by atoms with E-state index in [0.29, 0.717) is 30.3 Å². The standard InChI is InChI=1S/C13H20O2/c1-3-4-9-10-5-6-12(15)13(10,2)8-7-11(9)14/h9-10H,3-8H2,1-2H3. The van der Waals surface area contributed by atoms with Crippen LogP contribution in [0.4, 0.5) is 0 Å². The Kier molecular flexibility index (Phi) is 2.70. The van der Waals surface area contributed by atoms with Gasteiger partial charge < -0.3 is 0 Å². The average molecular weight is 208 g/mol. The molecule has 2 nitrogen and oxygen atoms in total. The molecule has 3 unspecified atom stereocenters. The molecule has 0 aliphatic heterocycles. The molecule has 0 N–H and O–H groups in total. The lowest BCUT2D eigenvalue weighted by atomic mass is 9.62. The maximum Gasteiger partial charge on any atom is 0.139 e. The van der Waals surface area contributed by atoms with E-state index in [1.807, 2.05) is 0 Å². The molecular weight excluding hydrogens is 188 g/mol. The third kappa shape index (κ3) is 1.54. The minimum atomic E-state index is -0.159. The predicted molar refractivity (Wildman–Crippen MR) is 58.5 cm³/mol. The molecule has 2 saturated carbocycles. The number of fused-ring (bicyclic) bond motifs is 1. The lowest BCUT2D eigenvalue weighted by Crippen LogP contribution is -2.41. The highest BCUT2D eigenvalue weighted by atomic mass is 16.1. The van der Waals surface area contributed by atoms with Crippen LogP contribution < -0.4 is 0 Å². The maximum absolute atomic E-state index is 11.9. The first-order valence-corrected chi connectivity index (χ1v) is 6.15. The van der Waals surface area contributed by atoms with E-state index in [0.717, 1.165) is 25.7 Å². The molecule has 2 fully saturated rings. The van der Waals surface area contributed by atoms with Crippen molar-refractivity contribution in [3.63, 3.8) is 0 Å². The van der Waals surface area contributed by atoms with Gasteiger partial charge in [0.2, 0.25) is 0 Å². The summed E-state index contributed by atoms with van der Waals surface area (Å²) < 4.78 is 0. The van der Waals surface area contributed by atoms with Gasteiger partial charge in [-0.3, -0.25) is 9.59 Å². The number of Topliss-reactive ketones (excluding diaryl/α,β-unsaturated/α-hetero) is 2. The van der Waals surface area contributed by atoms with Crippen LogP contribution in [0, 0.1) is 17.3 Å². The van der Waals surface area contributed by atoms with Crippen LogP contribution in [0.25, 0.3) is 0 Å². The molecule has 0 radical (unpaired) electrons. The SMILES string of the molecule is CCCC1C(=O)CCC2(C)C(=O)CCC12. The van der Waals surface area contributed by atoms with Gasteiger partial charge in [-0.05, 0) is 25.2 Å². The van der Waals surface area contributed by atoms with Gasteiger partial charge in [0.05, 0.1) is 0 Å². The summed E-state index contributed by atoms with van der Waals surface area (Å²) in [4.78, 5) is 23.7. The summed E-state index contributed by atoms with van der Waals surface area (Å²) in [6.07, 6.45) is 5.11. The molecule has 0 amide bonds. The molecule has 2 heteroatoms. The van der Waals surface area contributed by atoms with Crippen molar-refractivity contribution in [1.82, 2.24) is 0 Å². The van der Waals surface area contributed by atoms with Crippen molar-refractivity contribution in [2.45, 2.75) is 52.4 Å². The molecule has 2 aliphatic rings. The molecule has 2 aliphatic carbocycles. The molecule has 0 aromatic rings. The summed E-state index contributed by atoms with van der Waals surface area (Å²) in [5, 5.41) is 0. The zero-order valence-electron chi connectivity index (χ0n) is 9.71. The second-order valence-corrected chi connectivity index (χ2v) is 5.35. The first-order valence-electron chi connectivity index (χ1n) is 6.15. The quantitative estimate of drug-likeness (QED) is 0.699. The molecule has 0 aromatic carbocycles. The van der Waals surface area contributed by atoms with E-state index >= 15 is 0 Å². The number of carbonyl (C=O) groups excluding carboxylic acids is 2. The average Bonchev–Trinajstić information content (AvgIpc) is 2.50. The molecule has 0 aromatic heterocycles. The fourth-order valence-corrected chi connectivity index (χ4v) is 3.53. The summed E-state index contributed by atoms with van der Waals surface area (Å²) in [5.41, 5.74) is -0.159. The first-order chi connectivity index (χ1) is 7.09. The van der Waals surface area contributed by atoms with E-state index in [9.17, 15) is 9.59 Å². The summed E-state index contributed by atoms with van der Waals surface area (Å²) in [5.74, 6) is 1.35. The lowest BCUT2D eigenvalue weighted by Gasteiger charge is -2.39. The Balaban J connectivity index is 2.24. The largest absolute Gasteiger partial charge is 0.299 e. The Bertz CT molecular complexity index is 295. The molecule has 15 heavy (non-hydrogen) atoms. The molecule has 0 bridgehead atoms. The summed E-state index contributed by atoms with van der Waals surface area (Å²) in [7, 11) is 0. The second kappa shape index (κ2) is 3.73. The van der Waals surface area contributed by atoms with E-state index in [1.165, 1.54) is 0 Å². The topological polar surface area (TPSA) is 34.1 Å². The van der Waals surface area contributed by atoms with Crippen LogP contribution >= 0.6 is 0 Å².